The zero-order chi connectivity index (χ0) is 21.3. The van der Waals surface area contributed by atoms with Crippen LogP contribution in [0.3, 0.4) is 0 Å². The van der Waals surface area contributed by atoms with E-state index >= 15 is 0 Å². The summed E-state index contributed by atoms with van der Waals surface area (Å²) in [5.74, 6) is 1.29. The molecule has 0 bridgehead atoms. The maximum absolute atomic E-state index is 12.3. The SMILES string of the molecule is COc1ccc(C2CC(=O)N2c2ccccc2)cc1.OCCOc1ccc(F)cc1. The molecule has 1 aliphatic heterocycles. The molecular weight excluding hydrogens is 385 g/mol. The lowest BCUT2D eigenvalue weighted by molar-refractivity contribution is -0.124. The molecule has 1 unspecified atom stereocenters. The Labute approximate surface area is 175 Å². The fourth-order valence-electron chi connectivity index (χ4n) is 3.12. The van der Waals surface area contributed by atoms with E-state index in [9.17, 15) is 9.18 Å². The lowest BCUT2D eigenvalue weighted by Gasteiger charge is -2.40. The first-order valence-electron chi connectivity index (χ1n) is 9.62. The second-order valence-electron chi connectivity index (χ2n) is 6.62. The molecule has 1 atom stereocenters. The minimum atomic E-state index is -0.290. The van der Waals surface area contributed by atoms with E-state index < -0.39 is 0 Å². The quantitative estimate of drug-likeness (QED) is 0.614. The number of halogens is 1. The van der Waals surface area contributed by atoms with Gasteiger partial charge in [-0.05, 0) is 54.1 Å². The molecule has 0 spiro atoms. The predicted octanol–water partition coefficient (Wildman–Crippen LogP) is 4.37. The van der Waals surface area contributed by atoms with Gasteiger partial charge >= 0.3 is 0 Å². The largest absolute Gasteiger partial charge is 0.497 e. The molecule has 1 fully saturated rings. The van der Waals surface area contributed by atoms with Gasteiger partial charge in [-0.15, -0.1) is 0 Å². The van der Waals surface area contributed by atoms with Crippen LogP contribution < -0.4 is 14.4 Å². The zero-order valence-electron chi connectivity index (χ0n) is 16.7. The number of benzene rings is 3. The van der Waals surface area contributed by atoms with Crippen molar-refractivity contribution < 1.29 is 23.8 Å². The topological polar surface area (TPSA) is 59.0 Å². The van der Waals surface area contributed by atoms with Crippen molar-refractivity contribution in [3.63, 3.8) is 0 Å². The van der Waals surface area contributed by atoms with E-state index in [0.717, 1.165) is 17.0 Å². The van der Waals surface area contributed by atoms with Gasteiger partial charge in [-0.25, -0.2) is 4.39 Å². The molecule has 1 saturated heterocycles. The molecule has 6 heteroatoms. The molecule has 0 radical (unpaired) electrons. The van der Waals surface area contributed by atoms with E-state index in [0.29, 0.717) is 12.2 Å². The molecule has 4 rings (SSSR count). The Morgan fingerprint density at radius 3 is 2.17 bits per heavy atom. The van der Waals surface area contributed by atoms with E-state index in [1.807, 2.05) is 59.5 Å². The van der Waals surface area contributed by atoms with Gasteiger partial charge in [0.15, 0.2) is 0 Å². The highest BCUT2D eigenvalue weighted by Crippen LogP contribution is 2.38. The number of ether oxygens (including phenoxy) is 2. The molecule has 0 saturated carbocycles. The predicted molar refractivity (Wildman–Crippen MR) is 113 cm³/mol. The number of hydrogen-bond acceptors (Lipinski definition) is 4. The highest BCUT2D eigenvalue weighted by molar-refractivity contribution is 6.01. The molecule has 0 aliphatic carbocycles. The van der Waals surface area contributed by atoms with Crippen molar-refractivity contribution in [2.24, 2.45) is 0 Å². The smallest absolute Gasteiger partial charge is 0.230 e. The Morgan fingerprint density at radius 1 is 0.967 bits per heavy atom. The lowest BCUT2D eigenvalue weighted by Crippen LogP contribution is -2.46. The number of hydrogen-bond donors (Lipinski definition) is 1. The van der Waals surface area contributed by atoms with Crippen molar-refractivity contribution in [2.75, 3.05) is 25.2 Å². The van der Waals surface area contributed by atoms with Gasteiger partial charge in [-0.3, -0.25) is 4.79 Å². The number of anilines is 1. The standard InChI is InChI=1S/C16H15NO2.C8H9FO2/c1-19-14-9-7-12(8-10-14)15-11-16(18)17(15)13-5-3-2-4-6-13;9-7-1-3-8(4-2-7)11-6-5-10/h2-10,15H,11H2,1H3;1-4,10H,5-6H2. The van der Waals surface area contributed by atoms with Crippen LogP contribution in [0.25, 0.3) is 0 Å². The van der Waals surface area contributed by atoms with E-state index in [4.69, 9.17) is 14.6 Å². The normalized spacial score (nSPS) is 15.0. The van der Waals surface area contributed by atoms with E-state index in [1.165, 1.54) is 24.3 Å². The van der Waals surface area contributed by atoms with Gasteiger partial charge in [0.2, 0.25) is 5.91 Å². The van der Waals surface area contributed by atoms with Gasteiger partial charge in [0.25, 0.3) is 0 Å². The van der Waals surface area contributed by atoms with Crippen LogP contribution in [0.5, 0.6) is 11.5 Å². The number of carbonyl (C=O) groups excluding carboxylic acids is 1. The summed E-state index contributed by atoms with van der Waals surface area (Å²) >= 11 is 0. The number of aliphatic hydroxyl groups excluding tert-OH is 1. The molecule has 0 aromatic heterocycles. The minimum absolute atomic E-state index is 0.0304. The van der Waals surface area contributed by atoms with Gasteiger partial charge in [-0.2, -0.15) is 0 Å². The molecule has 1 aliphatic rings. The van der Waals surface area contributed by atoms with Crippen LogP contribution in [0.1, 0.15) is 18.0 Å². The minimum Gasteiger partial charge on any atom is -0.497 e. The van der Waals surface area contributed by atoms with Crippen LogP contribution in [0.15, 0.2) is 78.9 Å². The van der Waals surface area contributed by atoms with Crippen LogP contribution >= 0.6 is 0 Å². The third kappa shape index (κ3) is 5.36. The van der Waals surface area contributed by atoms with Crippen molar-refractivity contribution in [1.82, 2.24) is 0 Å². The summed E-state index contributed by atoms with van der Waals surface area (Å²) in [7, 11) is 1.65. The average molecular weight is 409 g/mol. The fourth-order valence-corrected chi connectivity index (χ4v) is 3.12. The van der Waals surface area contributed by atoms with Gasteiger partial charge in [0.05, 0.1) is 26.2 Å². The molecule has 1 heterocycles. The van der Waals surface area contributed by atoms with Crippen LogP contribution in [0.4, 0.5) is 10.1 Å². The number of aliphatic hydroxyl groups is 1. The Balaban J connectivity index is 0.000000199. The number of carbonyl (C=O) groups is 1. The molecule has 5 nitrogen and oxygen atoms in total. The summed E-state index contributed by atoms with van der Waals surface area (Å²) < 4.78 is 22.5. The first kappa shape index (κ1) is 21.3. The molecule has 1 N–H and O–H groups in total. The summed E-state index contributed by atoms with van der Waals surface area (Å²) in [5, 5.41) is 8.38. The molecule has 30 heavy (non-hydrogen) atoms. The molecular formula is C24H24FNO4. The van der Waals surface area contributed by atoms with Crippen LogP contribution in [-0.2, 0) is 4.79 Å². The summed E-state index contributed by atoms with van der Waals surface area (Å²) in [6.45, 7) is 0.211. The van der Waals surface area contributed by atoms with Crippen molar-refractivity contribution >= 4 is 11.6 Å². The van der Waals surface area contributed by atoms with Crippen molar-refractivity contribution in [2.45, 2.75) is 12.5 Å². The molecule has 3 aromatic rings. The van der Waals surface area contributed by atoms with E-state index in [-0.39, 0.29) is 31.0 Å². The van der Waals surface area contributed by atoms with Gasteiger partial charge in [0, 0.05) is 5.69 Å². The third-order valence-corrected chi connectivity index (χ3v) is 4.66. The first-order chi connectivity index (χ1) is 14.6. The number of β-lactam (4-membered cyclic amide) rings is 1. The van der Waals surface area contributed by atoms with Crippen molar-refractivity contribution in [3.05, 3.63) is 90.2 Å². The summed E-state index contributed by atoms with van der Waals surface area (Å²) in [6.07, 6.45) is 0.571. The van der Waals surface area contributed by atoms with Crippen molar-refractivity contribution in [3.8, 4) is 11.5 Å². The number of methoxy groups -OCH3 is 1. The Morgan fingerprint density at radius 2 is 1.60 bits per heavy atom. The Kier molecular flexibility index (Phi) is 7.40. The summed E-state index contributed by atoms with van der Waals surface area (Å²) in [6, 6.07) is 23.5. The number of rotatable bonds is 6. The highest BCUT2D eigenvalue weighted by Gasteiger charge is 2.37. The second kappa shape index (κ2) is 10.4. The van der Waals surface area contributed by atoms with Gasteiger partial charge in [0.1, 0.15) is 23.9 Å². The van der Waals surface area contributed by atoms with Crippen LogP contribution in [0.2, 0.25) is 0 Å². The monoisotopic (exact) mass is 409 g/mol. The van der Waals surface area contributed by atoms with Crippen LogP contribution in [0, 0.1) is 5.82 Å². The number of nitrogens with zero attached hydrogens (tertiary/aromatic N) is 1. The Hall–Kier alpha value is -3.38. The van der Waals surface area contributed by atoms with Crippen molar-refractivity contribution in [1.29, 1.82) is 0 Å². The lowest BCUT2D eigenvalue weighted by atomic mass is 9.93. The summed E-state index contributed by atoms with van der Waals surface area (Å²) in [5.41, 5.74) is 2.10. The molecule has 156 valence electrons. The first-order valence-corrected chi connectivity index (χ1v) is 9.62. The maximum Gasteiger partial charge on any atom is 0.230 e. The Bertz CT molecular complexity index is 930. The highest BCUT2D eigenvalue weighted by atomic mass is 19.1. The van der Waals surface area contributed by atoms with Gasteiger partial charge < -0.3 is 19.5 Å². The van der Waals surface area contributed by atoms with E-state index in [1.54, 1.807) is 7.11 Å². The average Bonchev–Trinajstić information content (AvgIpc) is 2.78. The van der Waals surface area contributed by atoms with Gasteiger partial charge in [-0.1, -0.05) is 30.3 Å². The number of amides is 1. The maximum atomic E-state index is 12.3. The number of para-hydroxylation sites is 1. The third-order valence-electron chi connectivity index (χ3n) is 4.66. The van der Waals surface area contributed by atoms with E-state index in [2.05, 4.69) is 0 Å². The van der Waals surface area contributed by atoms with Crippen LogP contribution in [-0.4, -0.2) is 31.3 Å². The summed E-state index contributed by atoms with van der Waals surface area (Å²) in [4.78, 5) is 13.7. The molecule has 3 aromatic carbocycles. The fraction of sp³-hybridized carbons (Fsp3) is 0.208. The zero-order valence-corrected chi connectivity index (χ0v) is 16.7. The second-order valence-corrected chi connectivity index (χ2v) is 6.62. The molecule has 1 amide bonds.